The Morgan fingerprint density at radius 2 is 2.06 bits per heavy atom. The van der Waals surface area contributed by atoms with Crippen LogP contribution in [-0.2, 0) is 4.79 Å². The van der Waals surface area contributed by atoms with Gasteiger partial charge in [0.05, 0.1) is 6.04 Å². The summed E-state index contributed by atoms with van der Waals surface area (Å²) in [5.74, 6) is 0.621. The first kappa shape index (κ1) is 12.4. The third-order valence-electron chi connectivity index (χ3n) is 2.99. The van der Waals surface area contributed by atoms with Crippen molar-refractivity contribution in [2.75, 3.05) is 12.4 Å². The lowest BCUT2D eigenvalue weighted by Crippen LogP contribution is -2.47. The number of alkyl halides is 1. The van der Waals surface area contributed by atoms with Crippen LogP contribution >= 0.6 is 11.6 Å². The number of nitrogens with one attached hydrogen (secondary N) is 1. The van der Waals surface area contributed by atoms with Gasteiger partial charge < -0.3 is 0 Å². The average Bonchev–Trinajstić information content (AvgIpc) is 2.39. The minimum atomic E-state index is -0.0000772. The van der Waals surface area contributed by atoms with Gasteiger partial charge in [-0.3, -0.25) is 9.80 Å². The van der Waals surface area contributed by atoms with Gasteiger partial charge >= 0.3 is 0 Å². The zero-order valence-electron chi connectivity index (χ0n) is 9.73. The number of carbonyl (C=O) groups is 1. The molecule has 1 atom stereocenters. The largest absolute Gasteiger partial charge is 0.277 e. The number of rotatable bonds is 4. The van der Waals surface area contributed by atoms with Crippen LogP contribution < -0.4 is 5.43 Å². The Kier molecular flexibility index (Phi) is 4.40. The smallest absolute Gasteiger partial charge is 0.236 e. The maximum atomic E-state index is 11.7. The van der Waals surface area contributed by atoms with E-state index in [1.54, 1.807) is 5.01 Å². The molecule has 0 aromatic heterocycles. The molecular formula is C13H17ClN2O. The quantitative estimate of drug-likeness (QED) is 0.835. The predicted molar refractivity (Wildman–Crippen MR) is 68.6 cm³/mol. The number of hydrogen-bond acceptors (Lipinski definition) is 2. The molecule has 1 aliphatic rings. The highest BCUT2D eigenvalue weighted by atomic mass is 35.5. The summed E-state index contributed by atoms with van der Waals surface area (Å²) in [6, 6.07) is 9.98. The van der Waals surface area contributed by atoms with Crippen molar-refractivity contribution in [1.29, 1.82) is 0 Å². The van der Waals surface area contributed by atoms with Gasteiger partial charge in [0.2, 0.25) is 5.91 Å². The Labute approximate surface area is 107 Å². The molecule has 4 heteroatoms. The van der Waals surface area contributed by atoms with Crippen LogP contribution in [-0.4, -0.2) is 23.3 Å². The molecule has 1 aliphatic heterocycles. The second-order valence-corrected chi connectivity index (χ2v) is 4.56. The first-order valence-electron chi connectivity index (χ1n) is 5.98. The number of carbonyl (C=O) groups excluding carboxylic acids is 1. The molecule has 1 N–H and O–H groups in total. The highest BCUT2D eigenvalue weighted by Gasteiger charge is 2.21. The van der Waals surface area contributed by atoms with Crippen molar-refractivity contribution >= 4 is 17.5 Å². The molecule has 0 unspecified atom stereocenters. The van der Waals surface area contributed by atoms with E-state index in [2.05, 4.69) is 5.43 Å². The van der Waals surface area contributed by atoms with Crippen LogP contribution in [0.1, 0.15) is 30.9 Å². The number of amides is 1. The molecule has 1 saturated heterocycles. The maximum absolute atomic E-state index is 11.7. The molecule has 0 saturated carbocycles. The van der Waals surface area contributed by atoms with Crippen LogP contribution in [0.3, 0.4) is 0 Å². The van der Waals surface area contributed by atoms with Crippen molar-refractivity contribution in [3.05, 3.63) is 35.9 Å². The topological polar surface area (TPSA) is 32.3 Å². The van der Waals surface area contributed by atoms with Crippen molar-refractivity contribution in [3.63, 3.8) is 0 Å². The normalized spacial score (nSPS) is 18.2. The minimum absolute atomic E-state index is 0.0000772. The Morgan fingerprint density at radius 1 is 1.29 bits per heavy atom. The van der Waals surface area contributed by atoms with E-state index in [1.807, 2.05) is 30.3 Å². The summed E-state index contributed by atoms with van der Waals surface area (Å²) in [6.45, 7) is 0.777. The molecule has 2 rings (SSSR count). The van der Waals surface area contributed by atoms with Gasteiger partial charge in [0.1, 0.15) is 0 Å². The second-order valence-electron chi connectivity index (χ2n) is 4.25. The summed E-state index contributed by atoms with van der Waals surface area (Å²) in [5.41, 5.74) is 4.34. The van der Waals surface area contributed by atoms with Gasteiger partial charge in [-0.25, -0.2) is 5.43 Å². The molecule has 0 aliphatic carbocycles. The van der Waals surface area contributed by atoms with E-state index in [4.69, 9.17) is 11.6 Å². The van der Waals surface area contributed by atoms with Crippen LogP contribution in [0.25, 0.3) is 0 Å². The SMILES string of the molecule is O=C1CCCCN1N[C@H](CCl)c1ccccc1. The van der Waals surface area contributed by atoms with Gasteiger partial charge in [-0.2, -0.15) is 0 Å². The van der Waals surface area contributed by atoms with Crippen LogP contribution in [0.4, 0.5) is 0 Å². The van der Waals surface area contributed by atoms with E-state index in [0.717, 1.165) is 24.9 Å². The monoisotopic (exact) mass is 252 g/mol. The van der Waals surface area contributed by atoms with Crippen molar-refractivity contribution < 1.29 is 4.79 Å². The number of benzene rings is 1. The van der Waals surface area contributed by atoms with E-state index < -0.39 is 0 Å². The summed E-state index contributed by atoms with van der Waals surface area (Å²) in [5, 5.41) is 1.71. The van der Waals surface area contributed by atoms with Crippen LogP contribution in [0.15, 0.2) is 30.3 Å². The zero-order valence-corrected chi connectivity index (χ0v) is 10.5. The lowest BCUT2D eigenvalue weighted by Gasteiger charge is -2.31. The van der Waals surface area contributed by atoms with E-state index in [-0.39, 0.29) is 11.9 Å². The number of halogens is 1. The Balaban J connectivity index is 2.02. The fraction of sp³-hybridized carbons (Fsp3) is 0.462. The van der Waals surface area contributed by atoms with Crippen molar-refractivity contribution in [2.24, 2.45) is 0 Å². The molecule has 0 bridgehead atoms. The Morgan fingerprint density at radius 3 is 2.71 bits per heavy atom. The van der Waals surface area contributed by atoms with Crippen LogP contribution in [0.5, 0.6) is 0 Å². The maximum Gasteiger partial charge on any atom is 0.236 e. The van der Waals surface area contributed by atoms with Gasteiger partial charge in [-0.05, 0) is 18.4 Å². The van der Waals surface area contributed by atoms with E-state index in [9.17, 15) is 4.79 Å². The minimum Gasteiger partial charge on any atom is -0.277 e. The molecule has 0 spiro atoms. The van der Waals surface area contributed by atoms with Gasteiger partial charge in [0, 0.05) is 18.8 Å². The summed E-state index contributed by atoms with van der Waals surface area (Å²) < 4.78 is 0. The van der Waals surface area contributed by atoms with Crippen LogP contribution in [0, 0.1) is 0 Å². The standard InChI is InChI=1S/C13H17ClN2O/c14-10-12(11-6-2-1-3-7-11)15-16-9-5-4-8-13(16)17/h1-3,6-7,12,15H,4-5,8-10H2/t12-/m1/s1. The van der Waals surface area contributed by atoms with Crippen molar-refractivity contribution in [3.8, 4) is 0 Å². The van der Waals surface area contributed by atoms with E-state index in [1.165, 1.54) is 0 Å². The molecule has 1 aromatic rings. The summed E-state index contributed by atoms with van der Waals surface area (Å²) in [6.07, 6.45) is 2.69. The van der Waals surface area contributed by atoms with Gasteiger partial charge in [0.15, 0.2) is 0 Å². The predicted octanol–water partition coefficient (Wildman–Crippen LogP) is 2.48. The number of hydrazine groups is 1. The fourth-order valence-electron chi connectivity index (χ4n) is 2.01. The number of piperidine rings is 1. The summed E-state index contributed by atoms with van der Waals surface area (Å²) in [4.78, 5) is 11.7. The fourth-order valence-corrected chi connectivity index (χ4v) is 2.26. The lowest BCUT2D eigenvalue weighted by atomic mass is 10.1. The zero-order chi connectivity index (χ0) is 12.1. The summed E-state index contributed by atoms with van der Waals surface area (Å²) in [7, 11) is 0. The molecule has 1 heterocycles. The second kappa shape index (κ2) is 6.03. The third kappa shape index (κ3) is 3.20. The Hall–Kier alpha value is -1.06. The van der Waals surface area contributed by atoms with Crippen molar-refractivity contribution in [2.45, 2.75) is 25.3 Å². The molecule has 1 aromatic carbocycles. The molecule has 92 valence electrons. The average molecular weight is 253 g/mol. The van der Waals surface area contributed by atoms with Gasteiger partial charge in [0.25, 0.3) is 0 Å². The summed E-state index contributed by atoms with van der Waals surface area (Å²) >= 11 is 5.97. The molecular weight excluding hydrogens is 236 g/mol. The third-order valence-corrected chi connectivity index (χ3v) is 3.30. The molecule has 0 radical (unpaired) electrons. The molecule has 1 fully saturated rings. The Bertz CT molecular complexity index is 369. The highest BCUT2D eigenvalue weighted by Crippen LogP contribution is 2.17. The first-order valence-corrected chi connectivity index (χ1v) is 6.52. The molecule has 3 nitrogen and oxygen atoms in total. The number of nitrogens with zero attached hydrogens (tertiary/aromatic N) is 1. The lowest BCUT2D eigenvalue weighted by molar-refractivity contribution is -0.137. The van der Waals surface area contributed by atoms with Crippen LogP contribution in [0.2, 0.25) is 0 Å². The van der Waals surface area contributed by atoms with E-state index >= 15 is 0 Å². The number of hydrogen-bond donors (Lipinski definition) is 1. The molecule has 1 amide bonds. The highest BCUT2D eigenvalue weighted by molar-refractivity contribution is 6.18. The first-order chi connectivity index (χ1) is 8.31. The molecule has 17 heavy (non-hydrogen) atoms. The van der Waals surface area contributed by atoms with Gasteiger partial charge in [-0.1, -0.05) is 30.3 Å². The van der Waals surface area contributed by atoms with Gasteiger partial charge in [-0.15, -0.1) is 11.6 Å². The van der Waals surface area contributed by atoms with Crippen molar-refractivity contribution in [1.82, 2.24) is 10.4 Å². The van der Waals surface area contributed by atoms with E-state index in [0.29, 0.717) is 12.3 Å².